The van der Waals surface area contributed by atoms with Crippen molar-refractivity contribution in [1.82, 2.24) is 0 Å². The van der Waals surface area contributed by atoms with Gasteiger partial charge in [-0.25, -0.2) is 4.42 Å². The van der Waals surface area contributed by atoms with E-state index >= 15 is 0 Å². The minimum Gasteiger partial charge on any atom is -0.217 e. The van der Waals surface area contributed by atoms with Gasteiger partial charge in [0.05, 0.1) is 11.8 Å². The third-order valence-electron chi connectivity index (χ3n) is 4.77. The van der Waals surface area contributed by atoms with Gasteiger partial charge in [-0.15, -0.1) is 0 Å². The molecule has 0 aromatic carbocycles. The molecule has 1 nitrogen and oxygen atoms in total. The molecule has 0 unspecified atom stereocenters. The summed E-state index contributed by atoms with van der Waals surface area (Å²) in [6.07, 6.45) is 13.7. The van der Waals surface area contributed by atoms with Crippen molar-refractivity contribution in [3.63, 3.8) is 0 Å². The van der Waals surface area contributed by atoms with E-state index in [0.717, 1.165) is 0 Å². The summed E-state index contributed by atoms with van der Waals surface area (Å²) in [4.78, 5) is 0. The first-order valence-corrected chi connectivity index (χ1v) is 7.86. The second kappa shape index (κ2) is 5.86. The monoisotopic (exact) mass is 245 g/mol. The molecular formula is C17H25O+. The molecule has 98 valence electrons. The molecule has 0 bridgehead atoms. The van der Waals surface area contributed by atoms with E-state index in [0.29, 0.717) is 11.8 Å². The fourth-order valence-corrected chi connectivity index (χ4v) is 3.65. The Kier molecular flexibility index (Phi) is 3.97. The van der Waals surface area contributed by atoms with Gasteiger partial charge in [0, 0.05) is 12.1 Å². The van der Waals surface area contributed by atoms with Crippen molar-refractivity contribution in [3.8, 4) is 0 Å². The maximum Gasteiger partial charge on any atom is 0.332 e. The summed E-state index contributed by atoms with van der Waals surface area (Å²) >= 11 is 0. The molecule has 0 radical (unpaired) electrons. The average molecular weight is 245 g/mol. The Balaban J connectivity index is 1.75. The topological polar surface area (TPSA) is 11.3 Å². The van der Waals surface area contributed by atoms with Gasteiger partial charge < -0.3 is 0 Å². The van der Waals surface area contributed by atoms with Crippen LogP contribution < -0.4 is 0 Å². The van der Waals surface area contributed by atoms with E-state index in [1.165, 1.54) is 75.7 Å². The predicted molar refractivity (Wildman–Crippen MR) is 74.8 cm³/mol. The molecule has 1 aromatic heterocycles. The standard InChI is InChI=1S/C17H25O/c1-3-8-14(9-4-1)16-12-7-13-17(18-16)15-10-5-2-6-11-15/h7,12-15H,1-6,8-11H2/q+1. The number of rotatable bonds is 2. The first-order chi connectivity index (χ1) is 8.93. The van der Waals surface area contributed by atoms with Crippen LogP contribution in [0.3, 0.4) is 0 Å². The molecule has 1 heteroatoms. The van der Waals surface area contributed by atoms with Gasteiger partial charge in [-0.05, 0) is 31.7 Å². The summed E-state index contributed by atoms with van der Waals surface area (Å²) in [6, 6.07) is 6.64. The number of hydrogen-bond acceptors (Lipinski definition) is 0. The molecule has 2 aliphatic carbocycles. The largest absolute Gasteiger partial charge is 0.332 e. The lowest BCUT2D eigenvalue weighted by Gasteiger charge is -2.18. The Labute approximate surface area is 111 Å². The zero-order chi connectivity index (χ0) is 12.2. The second-order valence-electron chi connectivity index (χ2n) is 6.10. The van der Waals surface area contributed by atoms with Gasteiger partial charge >= 0.3 is 11.5 Å². The van der Waals surface area contributed by atoms with Gasteiger partial charge in [0.25, 0.3) is 0 Å². The maximum absolute atomic E-state index is 6.26. The molecule has 3 rings (SSSR count). The third kappa shape index (κ3) is 2.76. The van der Waals surface area contributed by atoms with Crippen molar-refractivity contribution in [1.29, 1.82) is 0 Å². The fraction of sp³-hybridized carbons (Fsp3) is 0.706. The highest BCUT2D eigenvalue weighted by Gasteiger charge is 2.29. The van der Waals surface area contributed by atoms with E-state index in [1.807, 2.05) is 0 Å². The maximum atomic E-state index is 6.26. The van der Waals surface area contributed by atoms with E-state index in [1.54, 1.807) is 0 Å². The van der Waals surface area contributed by atoms with Crippen LogP contribution in [0.1, 0.15) is 87.6 Å². The van der Waals surface area contributed by atoms with Crippen molar-refractivity contribution < 1.29 is 4.42 Å². The molecule has 2 aliphatic rings. The minimum atomic E-state index is 0.697. The Morgan fingerprint density at radius 3 is 1.56 bits per heavy atom. The summed E-state index contributed by atoms with van der Waals surface area (Å²) < 4.78 is 6.26. The van der Waals surface area contributed by atoms with Crippen LogP contribution in [0, 0.1) is 0 Å². The van der Waals surface area contributed by atoms with Crippen molar-refractivity contribution in [2.24, 2.45) is 0 Å². The Bertz CT molecular complexity index is 340. The lowest BCUT2D eigenvalue weighted by molar-refractivity contribution is 0.317. The zero-order valence-electron chi connectivity index (χ0n) is 11.4. The molecule has 0 atom stereocenters. The molecule has 0 N–H and O–H groups in total. The SMILES string of the molecule is c1cc(C2CCCCC2)[o+]c(C2CCCCC2)c1. The van der Waals surface area contributed by atoms with Crippen LogP contribution in [0.15, 0.2) is 22.6 Å². The fourth-order valence-electron chi connectivity index (χ4n) is 3.65. The van der Waals surface area contributed by atoms with Gasteiger partial charge in [0.1, 0.15) is 0 Å². The van der Waals surface area contributed by atoms with Gasteiger partial charge in [-0.2, -0.15) is 0 Å². The average Bonchev–Trinajstić information content (AvgIpc) is 2.49. The van der Waals surface area contributed by atoms with Crippen LogP contribution >= 0.6 is 0 Å². The molecule has 0 spiro atoms. The molecule has 18 heavy (non-hydrogen) atoms. The summed E-state index contributed by atoms with van der Waals surface area (Å²) in [5.74, 6) is 3.92. The lowest BCUT2D eigenvalue weighted by Crippen LogP contribution is -2.07. The second-order valence-corrected chi connectivity index (χ2v) is 6.10. The molecule has 0 saturated heterocycles. The number of hydrogen-bond donors (Lipinski definition) is 0. The highest BCUT2D eigenvalue weighted by Crippen LogP contribution is 2.36. The van der Waals surface area contributed by atoms with Gasteiger partial charge in [-0.1, -0.05) is 38.5 Å². The lowest BCUT2D eigenvalue weighted by atomic mass is 9.86. The molecule has 0 aliphatic heterocycles. The van der Waals surface area contributed by atoms with Crippen molar-refractivity contribution >= 4 is 0 Å². The van der Waals surface area contributed by atoms with Crippen LogP contribution in [0.5, 0.6) is 0 Å². The summed E-state index contributed by atoms with van der Waals surface area (Å²) in [5.41, 5.74) is 0. The zero-order valence-corrected chi connectivity index (χ0v) is 11.4. The molecule has 1 heterocycles. The van der Waals surface area contributed by atoms with Crippen LogP contribution in [0.2, 0.25) is 0 Å². The molecule has 2 saturated carbocycles. The predicted octanol–water partition coefficient (Wildman–Crippen LogP) is 5.66. The third-order valence-corrected chi connectivity index (χ3v) is 4.77. The van der Waals surface area contributed by atoms with Crippen LogP contribution in [-0.2, 0) is 0 Å². The van der Waals surface area contributed by atoms with Crippen molar-refractivity contribution in [2.45, 2.75) is 76.0 Å². The highest BCUT2D eigenvalue weighted by molar-refractivity contribution is 5.13. The van der Waals surface area contributed by atoms with Gasteiger partial charge in [0.2, 0.25) is 0 Å². The van der Waals surface area contributed by atoms with E-state index in [2.05, 4.69) is 18.2 Å². The van der Waals surface area contributed by atoms with Crippen molar-refractivity contribution in [3.05, 3.63) is 29.7 Å². The smallest absolute Gasteiger partial charge is 0.217 e. The van der Waals surface area contributed by atoms with Crippen LogP contribution in [0.25, 0.3) is 0 Å². The molecule has 2 fully saturated rings. The Morgan fingerprint density at radius 1 is 0.667 bits per heavy atom. The Hall–Kier alpha value is -0.850. The molecular weight excluding hydrogens is 220 g/mol. The minimum absolute atomic E-state index is 0.697. The first-order valence-electron chi connectivity index (χ1n) is 7.86. The summed E-state index contributed by atoms with van der Waals surface area (Å²) in [7, 11) is 0. The van der Waals surface area contributed by atoms with Crippen LogP contribution in [0.4, 0.5) is 0 Å². The highest BCUT2D eigenvalue weighted by atomic mass is 16.3. The van der Waals surface area contributed by atoms with E-state index in [9.17, 15) is 0 Å². The van der Waals surface area contributed by atoms with E-state index in [-0.39, 0.29) is 0 Å². The molecule has 0 amide bonds. The van der Waals surface area contributed by atoms with Gasteiger partial charge in [0.15, 0.2) is 0 Å². The van der Waals surface area contributed by atoms with E-state index < -0.39 is 0 Å². The quantitative estimate of drug-likeness (QED) is 0.612. The van der Waals surface area contributed by atoms with E-state index in [4.69, 9.17) is 4.42 Å². The Morgan fingerprint density at radius 2 is 1.11 bits per heavy atom. The molecule has 1 aromatic rings. The van der Waals surface area contributed by atoms with Crippen LogP contribution in [-0.4, -0.2) is 0 Å². The first kappa shape index (κ1) is 12.2. The summed E-state index contributed by atoms with van der Waals surface area (Å²) in [6.45, 7) is 0. The van der Waals surface area contributed by atoms with Crippen molar-refractivity contribution in [2.75, 3.05) is 0 Å². The summed E-state index contributed by atoms with van der Waals surface area (Å²) in [5, 5.41) is 0. The normalized spacial score (nSPS) is 23.1. The van der Waals surface area contributed by atoms with Gasteiger partial charge in [-0.3, -0.25) is 0 Å².